The minimum atomic E-state index is -1.09. The number of amides is 1. The molecule has 2 heterocycles. The van der Waals surface area contributed by atoms with Gasteiger partial charge in [-0.15, -0.1) is 11.8 Å². The molecule has 2 aliphatic heterocycles. The first kappa shape index (κ1) is 13.9. The van der Waals surface area contributed by atoms with Gasteiger partial charge in [0.15, 0.2) is 0 Å². The molecule has 0 saturated carbocycles. The second-order valence-corrected chi connectivity index (χ2v) is 5.79. The zero-order chi connectivity index (χ0) is 14.3. The third-order valence-electron chi connectivity index (χ3n) is 3.26. The van der Waals surface area contributed by atoms with Crippen molar-refractivity contribution in [3.8, 4) is 0 Å². The fourth-order valence-electron chi connectivity index (χ4n) is 2.44. The van der Waals surface area contributed by atoms with Crippen molar-refractivity contribution in [2.45, 2.75) is 32.2 Å². The molecule has 7 heteroatoms. The summed E-state index contributed by atoms with van der Waals surface area (Å²) in [4.78, 5) is 35.5. The molecule has 104 valence electrons. The summed E-state index contributed by atoms with van der Waals surface area (Å²) in [5, 5.41) is 8.92. The number of thioether (sulfide) groups is 1. The number of rotatable bonds is 3. The number of hydrogen-bond donors (Lipinski definition) is 1. The monoisotopic (exact) mass is 285 g/mol. The quantitative estimate of drug-likeness (QED) is 0.610. The van der Waals surface area contributed by atoms with Crippen LogP contribution in [0.25, 0.3) is 0 Å². The Bertz CT molecular complexity index is 487. The van der Waals surface area contributed by atoms with Crippen LogP contribution in [0.4, 0.5) is 0 Å². The van der Waals surface area contributed by atoms with E-state index in [0.717, 1.165) is 0 Å². The van der Waals surface area contributed by atoms with E-state index >= 15 is 0 Å². The first-order valence-corrected chi connectivity index (χ1v) is 6.94. The molecule has 1 amide bonds. The number of aliphatic carboxylic acids is 1. The molecule has 0 aliphatic carbocycles. The van der Waals surface area contributed by atoms with Crippen LogP contribution in [0.1, 0.15) is 20.8 Å². The summed E-state index contributed by atoms with van der Waals surface area (Å²) in [6, 6.07) is 0. The smallest absolute Gasteiger partial charge is 0.352 e. The van der Waals surface area contributed by atoms with Crippen molar-refractivity contribution in [1.82, 2.24) is 4.90 Å². The third-order valence-corrected chi connectivity index (χ3v) is 4.71. The Kier molecular flexibility index (Phi) is 3.58. The van der Waals surface area contributed by atoms with Crippen LogP contribution < -0.4 is 0 Å². The number of carbonyl (C=O) groups excluding carboxylic acids is 2. The van der Waals surface area contributed by atoms with Crippen LogP contribution in [-0.4, -0.2) is 45.1 Å². The van der Waals surface area contributed by atoms with E-state index in [9.17, 15) is 19.5 Å². The second-order valence-electron chi connectivity index (χ2n) is 4.68. The molecule has 0 aromatic carbocycles. The standard InChI is InChI=1S/C12H15NO5S/c1-5-4-19-11-8(6(2)18-7(3)14)10(15)13(11)9(5)12(16)17/h6,8,11H,4H2,1-3H3,(H,16,17)/t6?,8-,11-/m0/s1. The zero-order valence-corrected chi connectivity index (χ0v) is 11.7. The van der Waals surface area contributed by atoms with E-state index in [1.165, 1.54) is 23.6 Å². The SMILES string of the molecule is CC(=O)OC(C)[C@H]1C(=O)N2C(C(=O)O)=C(C)CS[C@@H]12. The average molecular weight is 285 g/mol. The summed E-state index contributed by atoms with van der Waals surface area (Å²) < 4.78 is 5.03. The van der Waals surface area contributed by atoms with Crippen molar-refractivity contribution in [3.05, 3.63) is 11.3 Å². The van der Waals surface area contributed by atoms with Crippen molar-refractivity contribution >= 4 is 29.6 Å². The molecule has 0 bridgehead atoms. The molecular weight excluding hydrogens is 270 g/mol. The number of β-lactam (4-membered cyclic amide) rings is 1. The second kappa shape index (κ2) is 4.88. The summed E-state index contributed by atoms with van der Waals surface area (Å²) in [5.74, 6) is -1.71. The van der Waals surface area contributed by atoms with Crippen LogP contribution >= 0.6 is 11.8 Å². The lowest BCUT2D eigenvalue weighted by molar-refractivity contribution is -0.166. The van der Waals surface area contributed by atoms with Crippen molar-refractivity contribution in [3.63, 3.8) is 0 Å². The molecule has 3 atom stereocenters. The van der Waals surface area contributed by atoms with Gasteiger partial charge >= 0.3 is 11.9 Å². The highest BCUT2D eigenvalue weighted by Gasteiger charge is 2.55. The lowest BCUT2D eigenvalue weighted by Crippen LogP contribution is -2.64. The normalized spacial score (nSPS) is 27.5. The fourth-order valence-corrected chi connectivity index (χ4v) is 3.90. The summed E-state index contributed by atoms with van der Waals surface area (Å²) >= 11 is 1.50. The lowest BCUT2D eigenvalue weighted by Gasteiger charge is -2.50. The Morgan fingerprint density at radius 2 is 2.16 bits per heavy atom. The number of nitrogens with zero attached hydrogens (tertiary/aromatic N) is 1. The van der Waals surface area contributed by atoms with Gasteiger partial charge in [-0.25, -0.2) is 4.79 Å². The third kappa shape index (κ3) is 2.22. The predicted molar refractivity (Wildman–Crippen MR) is 68.1 cm³/mol. The zero-order valence-electron chi connectivity index (χ0n) is 10.9. The molecule has 1 N–H and O–H groups in total. The Morgan fingerprint density at radius 3 is 2.68 bits per heavy atom. The van der Waals surface area contributed by atoms with Gasteiger partial charge in [-0.3, -0.25) is 14.5 Å². The molecule has 0 radical (unpaired) electrons. The average Bonchev–Trinajstić information content (AvgIpc) is 2.28. The summed E-state index contributed by atoms with van der Waals surface area (Å²) in [6.45, 7) is 4.66. The van der Waals surface area contributed by atoms with Gasteiger partial charge in [-0.1, -0.05) is 0 Å². The predicted octanol–water partition coefficient (Wildman–Crippen LogP) is 0.828. The molecule has 0 spiro atoms. The van der Waals surface area contributed by atoms with Crippen LogP contribution in [-0.2, 0) is 19.1 Å². The Balaban J connectivity index is 2.20. The maximum absolute atomic E-state index is 12.1. The number of hydrogen-bond acceptors (Lipinski definition) is 5. The summed E-state index contributed by atoms with van der Waals surface area (Å²) in [7, 11) is 0. The van der Waals surface area contributed by atoms with Gasteiger partial charge in [0.05, 0.1) is 5.37 Å². The van der Waals surface area contributed by atoms with Crippen LogP contribution in [0.3, 0.4) is 0 Å². The Morgan fingerprint density at radius 1 is 1.53 bits per heavy atom. The number of carboxylic acids is 1. The largest absolute Gasteiger partial charge is 0.477 e. The molecule has 1 saturated heterocycles. The van der Waals surface area contributed by atoms with E-state index in [2.05, 4.69) is 0 Å². The van der Waals surface area contributed by atoms with Gasteiger partial charge in [-0.05, 0) is 19.4 Å². The molecule has 0 aromatic rings. The molecule has 0 aromatic heterocycles. The van der Waals surface area contributed by atoms with Gasteiger partial charge in [-0.2, -0.15) is 0 Å². The number of esters is 1. The Hall–Kier alpha value is -1.50. The van der Waals surface area contributed by atoms with Gasteiger partial charge < -0.3 is 9.84 Å². The van der Waals surface area contributed by atoms with Gasteiger partial charge in [0.2, 0.25) is 5.91 Å². The van der Waals surface area contributed by atoms with Crippen LogP contribution in [0.5, 0.6) is 0 Å². The first-order valence-electron chi connectivity index (χ1n) is 5.89. The summed E-state index contributed by atoms with van der Waals surface area (Å²) in [5.41, 5.74) is 0.751. The van der Waals surface area contributed by atoms with Gasteiger partial charge in [0, 0.05) is 12.7 Å². The van der Waals surface area contributed by atoms with Crippen LogP contribution in [0, 0.1) is 5.92 Å². The molecule has 19 heavy (non-hydrogen) atoms. The lowest BCUT2D eigenvalue weighted by atomic mass is 9.91. The maximum atomic E-state index is 12.1. The summed E-state index contributed by atoms with van der Waals surface area (Å²) in [6.07, 6.45) is -0.535. The number of carboxylic acid groups (broad SMARTS) is 1. The minimum Gasteiger partial charge on any atom is -0.477 e. The first-order chi connectivity index (χ1) is 8.84. The highest BCUT2D eigenvalue weighted by atomic mass is 32.2. The van der Waals surface area contributed by atoms with E-state index < -0.39 is 24.0 Å². The van der Waals surface area contributed by atoms with Gasteiger partial charge in [0.25, 0.3) is 0 Å². The molecule has 6 nitrogen and oxygen atoms in total. The van der Waals surface area contributed by atoms with Crippen molar-refractivity contribution < 1.29 is 24.2 Å². The highest BCUT2D eigenvalue weighted by Crippen LogP contribution is 2.45. The molecule has 2 rings (SSSR count). The van der Waals surface area contributed by atoms with Crippen molar-refractivity contribution in [2.24, 2.45) is 5.92 Å². The number of carbonyl (C=O) groups is 3. The highest BCUT2D eigenvalue weighted by molar-refractivity contribution is 8.00. The van der Waals surface area contributed by atoms with Crippen LogP contribution in [0.15, 0.2) is 11.3 Å². The number of ether oxygens (including phenoxy) is 1. The molecule has 1 fully saturated rings. The van der Waals surface area contributed by atoms with E-state index in [1.807, 2.05) is 0 Å². The molecule has 1 unspecified atom stereocenters. The maximum Gasteiger partial charge on any atom is 0.352 e. The minimum absolute atomic E-state index is 0.0695. The van der Waals surface area contributed by atoms with E-state index in [0.29, 0.717) is 11.3 Å². The number of fused-ring (bicyclic) bond motifs is 1. The van der Waals surface area contributed by atoms with Crippen molar-refractivity contribution in [2.75, 3.05) is 5.75 Å². The molecule has 2 aliphatic rings. The van der Waals surface area contributed by atoms with E-state index in [1.54, 1.807) is 13.8 Å². The van der Waals surface area contributed by atoms with Gasteiger partial charge in [0.1, 0.15) is 17.7 Å². The van der Waals surface area contributed by atoms with Crippen LogP contribution in [0.2, 0.25) is 0 Å². The Labute approximate surface area is 114 Å². The van der Waals surface area contributed by atoms with E-state index in [-0.39, 0.29) is 17.0 Å². The van der Waals surface area contributed by atoms with Crippen molar-refractivity contribution in [1.29, 1.82) is 0 Å². The molecular formula is C12H15NO5S. The van der Waals surface area contributed by atoms with E-state index in [4.69, 9.17) is 4.74 Å². The topological polar surface area (TPSA) is 83.9 Å². The fraction of sp³-hybridized carbons (Fsp3) is 0.583.